The molecule has 35 heavy (non-hydrogen) atoms. The molecule has 12 nitrogen and oxygen atoms in total. The van der Waals surface area contributed by atoms with Crippen LogP contribution in [0.5, 0.6) is 11.6 Å². The van der Waals surface area contributed by atoms with E-state index in [1.165, 1.54) is 14.0 Å². The van der Waals surface area contributed by atoms with Crippen LogP contribution in [0.15, 0.2) is 52.3 Å². The van der Waals surface area contributed by atoms with E-state index in [4.69, 9.17) is 4.74 Å². The Kier molecular flexibility index (Phi) is 7.21. The second-order valence-electron chi connectivity index (χ2n) is 7.35. The van der Waals surface area contributed by atoms with Crippen molar-refractivity contribution in [3.63, 3.8) is 0 Å². The molecule has 0 aliphatic heterocycles. The number of nitro benzene ring substituents is 2. The third-order valence-corrected chi connectivity index (χ3v) is 5.33. The fraction of sp³-hybridized carbons (Fsp3) is 0.174. The average molecular weight is 477 g/mol. The number of aromatic hydroxyl groups is 1. The van der Waals surface area contributed by atoms with E-state index in [0.717, 1.165) is 34.5 Å². The Balaban J connectivity index is 2.03. The first-order valence-electron chi connectivity index (χ1n) is 10.1. The molecule has 2 aromatic carbocycles. The number of nitro groups is 2. The minimum atomic E-state index is -0.817. The molecule has 1 aromatic heterocycles. The third kappa shape index (κ3) is 5.14. The van der Waals surface area contributed by atoms with Gasteiger partial charge in [0.05, 0.1) is 28.6 Å². The lowest BCUT2D eigenvalue weighted by Gasteiger charge is -2.14. The highest BCUT2D eigenvalue weighted by Crippen LogP contribution is 2.32. The highest BCUT2D eigenvalue weighted by Gasteiger charge is 2.21. The zero-order chi connectivity index (χ0) is 25.7. The standard InChI is InChI=1S/C23H19N5O7/c1-14-18(12-24)22(29)26(10-9-15-3-6-17(35-2)7-4-15)23(30)19(14)13-25-20-8-5-16(27(31)32)11-21(20)28(33)34/h3-8,11,13,30H,9-10H2,1-2H3. The van der Waals surface area contributed by atoms with Crippen molar-refractivity contribution in [2.24, 2.45) is 4.99 Å². The molecule has 0 spiro atoms. The molecule has 0 bridgehead atoms. The van der Waals surface area contributed by atoms with Gasteiger partial charge in [0.25, 0.3) is 11.2 Å². The number of methoxy groups -OCH3 is 1. The zero-order valence-corrected chi connectivity index (χ0v) is 18.7. The lowest BCUT2D eigenvalue weighted by atomic mass is 10.1. The van der Waals surface area contributed by atoms with Gasteiger partial charge in [0.15, 0.2) is 0 Å². The average Bonchev–Trinajstić information content (AvgIpc) is 2.84. The van der Waals surface area contributed by atoms with Crippen LogP contribution < -0.4 is 10.3 Å². The zero-order valence-electron chi connectivity index (χ0n) is 18.7. The molecule has 0 aliphatic carbocycles. The quantitative estimate of drug-likeness (QED) is 0.291. The van der Waals surface area contributed by atoms with Gasteiger partial charge in [-0.2, -0.15) is 5.26 Å². The van der Waals surface area contributed by atoms with Gasteiger partial charge in [-0.05, 0) is 42.7 Å². The van der Waals surface area contributed by atoms with Gasteiger partial charge in [-0.15, -0.1) is 0 Å². The van der Waals surface area contributed by atoms with Gasteiger partial charge in [-0.1, -0.05) is 12.1 Å². The fourth-order valence-electron chi connectivity index (χ4n) is 3.38. The summed E-state index contributed by atoms with van der Waals surface area (Å²) < 4.78 is 6.14. The normalized spacial score (nSPS) is 10.8. The Labute approximate surface area is 198 Å². The third-order valence-electron chi connectivity index (χ3n) is 5.33. The van der Waals surface area contributed by atoms with Gasteiger partial charge in [0.1, 0.15) is 23.1 Å². The molecule has 178 valence electrons. The van der Waals surface area contributed by atoms with Crippen molar-refractivity contribution >= 4 is 23.3 Å². The first-order chi connectivity index (χ1) is 16.7. The van der Waals surface area contributed by atoms with Gasteiger partial charge < -0.3 is 9.84 Å². The van der Waals surface area contributed by atoms with E-state index < -0.39 is 32.7 Å². The molecule has 0 aliphatic rings. The van der Waals surface area contributed by atoms with Crippen molar-refractivity contribution in [1.82, 2.24) is 4.57 Å². The molecule has 0 radical (unpaired) electrons. The Morgan fingerprint density at radius 3 is 2.43 bits per heavy atom. The highest BCUT2D eigenvalue weighted by molar-refractivity contribution is 5.88. The van der Waals surface area contributed by atoms with Gasteiger partial charge >= 0.3 is 5.69 Å². The van der Waals surface area contributed by atoms with Gasteiger partial charge in [-0.25, -0.2) is 4.99 Å². The van der Waals surface area contributed by atoms with Crippen molar-refractivity contribution in [3.8, 4) is 17.7 Å². The van der Waals surface area contributed by atoms with Crippen LogP contribution in [0.1, 0.15) is 22.3 Å². The van der Waals surface area contributed by atoms with E-state index in [1.807, 2.05) is 6.07 Å². The maximum absolute atomic E-state index is 12.8. The second kappa shape index (κ2) is 10.3. The van der Waals surface area contributed by atoms with Crippen LogP contribution in [0.4, 0.5) is 17.1 Å². The summed E-state index contributed by atoms with van der Waals surface area (Å²) in [7, 11) is 1.54. The lowest BCUT2D eigenvalue weighted by molar-refractivity contribution is -0.393. The minimum absolute atomic E-state index is 0.0172. The van der Waals surface area contributed by atoms with Crippen LogP contribution in [0.2, 0.25) is 0 Å². The van der Waals surface area contributed by atoms with Crippen LogP contribution >= 0.6 is 0 Å². The van der Waals surface area contributed by atoms with Crippen molar-refractivity contribution in [2.45, 2.75) is 19.9 Å². The van der Waals surface area contributed by atoms with Gasteiger partial charge in [-0.3, -0.25) is 29.6 Å². The molecule has 0 saturated heterocycles. The predicted molar refractivity (Wildman–Crippen MR) is 126 cm³/mol. The molecule has 1 N–H and O–H groups in total. The number of pyridine rings is 1. The summed E-state index contributed by atoms with van der Waals surface area (Å²) in [5, 5.41) is 42.6. The molecule has 0 atom stereocenters. The van der Waals surface area contributed by atoms with E-state index >= 15 is 0 Å². The summed E-state index contributed by atoms with van der Waals surface area (Å²) in [6.07, 6.45) is 1.44. The maximum Gasteiger partial charge on any atom is 0.301 e. The molecular weight excluding hydrogens is 458 g/mol. The summed E-state index contributed by atoms with van der Waals surface area (Å²) in [6.45, 7) is 1.49. The number of aryl methyl sites for hydroxylation is 1. The number of nitrogens with zero attached hydrogens (tertiary/aromatic N) is 5. The van der Waals surface area contributed by atoms with E-state index in [1.54, 1.807) is 24.3 Å². The summed E-state index contributed by atoms with van der Waals surface area (Å²) >= 11 is 0. The lowest BCUT2D eigenvalue weighted by Crippen LogP contribution is -2.26. The van der Waals surface area contributed by atoms with E-state index in [9.17, 15) is 35.4 Å². The summed E-state index contributed by atoms with van der Waals surface area (Å²) in [5.41, 5.74) is -1.17. The molecule has 1 heterocycles. The van der Waals surface area contributed by atoms with Crippen LogP contribution in [0.3, 0.4) is 0 Å². The summed E-state index contributed by atoms with van der Waals surface area (Å²) in [5.74, 6) is 0.197. The molecule has 0 fully saturated rings. The molecule has 12 heteroatoms. The van der Waals surface area contributed by atoms with Crippen molar-refractivity contribution < 1.29 is 19.7 Å². The molecule has 0 amide bonds. The van der Waals surface area contributed by atoms with Crippen molar-refractivity contribution in [2.75, 3.05) is 7.11 Å². The maximum atomic E-state index is 12.8. The fourth-order valence-corrected chi connectivity index (χ4v) is 3.38. The molecule has 3 aromatic rings. The number of nitriles is 1. The monoisotopic (exact) mass is 477 g/mol. The van der Waals surface area contributed by atoms with Gasteiger partial charge in [0, 0.05) is 18.8 Å². The SMILES string of the molecule is COc1ccc(CCn2c(O)c(C=Nc3ccc([N+](=O)[O-])cc3[N+](=O)[O-])c(C)c(C#N)c2=O)cc1. The largest absolute Gasteiger partial charge is 0.497 e. The van der Waals surface area contributed by atoms with Crippen molar-refractivity contribution in [1.29, 1.82) is 5.26 Å². The number of rotatable bonds is 8. The second-order valence-corrected chi connectivity index (χ2v) is 7.35. The summed E-state index contributed by atoms with van der Waals surface area (Å²) in [6, 6.07) is 11.9. The van der Waals surface area contributed by atoms with Crippen LogP contribution in [0.25, 0.3) is 0 Å². The van der Waals surface area contributed by atoms with E-state index in [0.29, 0.717) is 12.2 Å². The molecule has 0 saturated carbocycles. The smallest absolute Gasteiger partial charge is 0.301 e. The number of aromatic nitrogens is 1. The van der Waals surface area contributed by atoms with Crippen LogP contribution in [-0.4, -0.2) is 32.8 Å². The topological polar surface area (TPSA) is 174 Å². The number of hydrogen-bond donors (Lipinski definition) is 1. The molecular formula is C23H19N5O7. The molecule has 3 rings (SSSR count). The van der Waals surface area contributed by atoms with E-state index in [-0.39, 0.29) is 28.9 Å². The first kappa shape index (κ1) is 24.6. The number of aliphatic imine (C=N–C) groups is 1. The first-order valence-corrected chi connectivity index (χ1v) is 10.1. The Bertz CT molecular complexity index is 1440. The minimum Gasteiger partial charge on any atom is -0.497 e. The molecule has 0 unspecified atom stereocenters. The number of non-ortho nitro benzene ring substituents is 1. The Morgan fingerprint density at radius 1 is 1.17 bits per heavy atom. The number of hydrogen-bond acceptors (Lipinski definition) is 9. The Hall–Kier alpha value is -5.05. The van der Waals surface area contributed by atoms with Crippen LogP contribution in [0, 0.1) is 38.5 Å². The van der Waals surface area contributed by atoms with Gasteiger partial charge in [0.2, 0.25) is 5.88 Å². The Morgan fingerprint density at radius 2 is 1.86 bits per heavy atom. The summed E-state index contributed by atoms with van der Waals surface area (Å²) in [4.78, 5) is 37.5. The number of benzene rings is 2. The number of ether oxygens (including phenoxy) is 1. The van der Waals surface area contributed by atoms with Crippen LogP contribution in [-0.2, 0) is 13.0 Å². The van der Waals surface area contributed by atoms with E-state index in [2.05, 4.69) is 4.99 Å². The highest BCUT2D eigenvalue weighted by atomic mass is 16.6. The van der Waals surface area contributed by atoms with Crippen molar-refractivity contribution in [3.05, 3.63) is 95.3 Å². The predicted octanol–water partition coefficient (Wildman–Crippen LogP) is 3.55.